The molecule has 2 rings (SSSR count). The minimum absolute atomic E-state index is 0.0140. The summed E-state index contributed by atoms with van der Waals surface area (Å²) in [5.74, 6) is 0.125. The number of rotatable bonds is 7. The van der Waals surface area contributed by atoms with E-state index in [0.717, 1.165) is 0 Å². The molecule has 0 aliphatic carbocycles. The van der Waals surface area contributed by atoms with E-state index < -0.39 is 0 Å². The van der Waals surface area contributed by atoms with Gasteiger partial charge in [-0.25, -0.2) is 4.39 Å². The molecule has 1 aliphatic rings. The van der Waals surface area contributed by atoms with Gasteiger partial charge in [-0.3, -0.25) is 9.59 Å². The minimum atomic E-state index is -0.339. The third kappa shape index (κ3) is 4.94. The number of carbonyl (C=O) groups excluding carboxylic acids is 2. The Labute approximate surface area is 142 Å². The van der Waals surface area contributed by atoms with Crippen LogP contribution in [0, 0.1) is 5.82 Å². The molecule has 1 atom stereocenters. The fraction of sp³-hybridized carbons (Fsp3) is 0.556. The summed E-state index contributed by atoms with van der Waals surface area (Å²) in [5.41, 5.74) is 0. The molecule has 0 radical (unpaired) electrons. The largest absolute Gasteiger partial charge is 0.488 e. The Morgan fingerprint density at radius 1 is 1.29 bits per heavy atom. The molecule has 132 valence electrons. The lowest BCUT2D eigenvalue weighted by Crippen LogP contribution is -2.34. The molecule has 0 aromatic heterocycles. The van der Waals surface area contributed by atoms with Gasteiger partial charge in [0.1, 0.15) is 17.7 Å². The number of amides is 2. The van der Waals surface area contributed by atoms with Crippen molar-refractivity contribution in [3.8, 4) is 5.75 Å². The molecule has 0 N–H and O–H groups in total. The number of likely N-dealkylation sites (tertiary alicyclic amines) is 1. The third-order valence-electron chi connectivity index (χ3n) is 4.27. The zero-order valence-corrected chi connectivity index (χ0v) is 14.3. The Kier molecular flexibility index (Phi) is 6.58. The van der Waals surface area contributed by atoms with E-state index >= 15 is 0 Å². The SMILES string of the molecule is CCN(CC)C(=O)CCC(=O)N1CCC(Oc2cccc(F)c2)C1. The number of hydrogen-bond donors (Lipinski definition) is 0. The number of nitrogens with zero attached hydrogens (tertiary/aromatic N) is 2. The first-order valence-electron chi connectivity index (χ1n) is 8.51. The molecular formula is C18H25FN2O3. The van der Waals surface area contributed by atoms with E-state index in [-0.39, 0.29) is 36.6 Å². The quantitative estimate of drug-likeness (QED) is 0.768. The molecular weight excluding hydrogens is 311 g/mol. The van der Waals surface area contributed by atoms with Crippen LogP contribution in [-0.4, -0.2) is 53.9 Å². The van der Waals surface area contributed by atoms with Crippen LogP contribution in [0.1, 0.15) is 33.1 Å². The molecule has 1 saturated heterocycles. The minimum Gasteiger partial charge on any atom is -0.488 e. The predicted molar refractivity (Wildman–Crippen MR) is 89.2 cm³/mol. The summed E-state index contributed by atoms with van der Waals surface area (Å²) in [6.07, 6.45) is 1.05. The molecule has 2 amide bonds. The van der Waals surface area contributed by atoms with Gasteiger partial charge in [0.05, 0.1) is 6.54 Å². The van der Waals surface area contributed by atoms with Crippen LogP contribution < -0.4 is 4.74 Å². The fourth-order valence-electron chi connectivity index (χ4n) is 2.89. The predicted octanol–water partition coefficient (Wildman–Crippen LogP) is 2.45. The Bertz CT molecular complexity index is 575. The van der Waals surface area contributed by atoms with Gasteiger partial charge in [-0.15, -0.1) is 0 Å². The number of halogens is 1. The maximum Gasteiger partial charge on any atom is 0.223 e. The summed E-state index contributed by atoms with van der Waals surface area (Å²) in [7, 11) is 0. The number of carbonyl (C=O) groups is 2. The highest BCUT2D eigenvalue weighted by molar-refractivity contribution is 5.84. The number of ether oxygens (including phenoxy) is 1. The van der Waals surface area contributed by atoms with E-state index in [1.54, 1.807) is 21.9 Å². The van der Waals surface area contributed by atoms with Crippen LogP contribution in [0.4, 0.5) is 4.39 Å². The molecule has 24 heavy (non-hydrogen) atoms. The first kappa shape index (κ1) is 18.2. The van der Waals surface area contributed by atoms with Crippen molar-refractivity contribution in [3.05, 3.63) is 30.1 Å². The van der Waals surface area contributed by atoms with Crippen molar-refractivity contribution in [2.24, 2.45) is 0 Å². The van der Waals surface area contributed by atoms with E-state index in [0.29, 0.717) is 38.3 Å². The van der Waals surface area contributed by atoms with Crippen molar-refractivity contribution in [1.82, 2.24) is 9.80 Å². The second kappa shape index (κ2) is 8.66. The van der Waals surface area contributed by atoms with Gasteiger partial charge in [0, 0.05) is 45.0 Å². The molecule has 0 bridgehead atoms. The Balaban J connectivity index is 1.78. The van der Waals surface area contributed by atoms with Gasteiger partial charge >= 0.3 is 0 Å². The summed E-state index contributed by atoms with van der Waals surface area (Å²) in [4.78, 5) is 27.6. The van der Waals surface area contributed by atoms with Crippen molar-refractivity contribution < 1.29 is 18.7 Å². The van der Waals surface area contributed by atoms with E-state index in [4.69, 9.17) is 4.74 Å². The lowest BCUT2D eigenvalue weighted by molar-refractivity contribution is -0.136. The first-order valence-corrected chi connectivity index (χ1v) is 8.51. The zero-order chi connectivity index (χ0) is 17.5. The monoisotopic (exact) mass is 336 g/mol. The van der Waals surface area contributed by atoms with Crippen LogP contribution in [0.3, 0.4) is 0 Å². The summed E-state index contributed by atoms with van der Waals surface area (Å²) >= 11 is 0. The summed E-state index contributed by atoms with van der Waals surface area (Å²) in [5, 5.41) is 0. The molecule has 1 heterocycles. The van der Waals surface area contributed by atoms with Crippen LogP contribution in [0.25, 0.3) is 0 Å². The zero-order valence-electron chi connectivity index (χ0n) is 14.3. The Hall–Kier alpha value is -2.11. The van der Waals surface area contributed by atoms with Crippen molar-refractivity contribution >= 4 is 11.8 Å². The molecule has 1 aliphatic heterocycles. The van der Waals surface area contributed by atoms with Crippen LogP contribution in [0.5, 0.6) is 5.75 Å². The number of hydrogen-bond acceptors (Lipinski definition) is 3. The average Bonchev–Trinajstić information content (AvgIpc) is 3.02. The smallest absolute Gasteiger partial charge is 0.223 e. The standard InChI is InChI=1S/C18H25FN2O3/c1-3-20(4-2)17(22)8-9-18(23)21-11-10-16(13-21)24-15-7-5-6-14(19)12-15/h5-7,12,16H,3-4,8-11,13H2,1-2H3. The highest BCUT2D eigenvalue weighted by Crippen LogP contribution is 2.20. The maximum absolute atomic E-state index is 13.2. The van der Waals surface area contributed by atoms with Crippen LogP contribution in [-0.2, 0) is 9.59 Å². The lowest BCUT2D eigenvalue weighted by atomic mass is 10.2. The van der Waals surface area contributed by atoms with E-state index in [1.165, 1.54) is 12.1 Å². The highest BCUT2D eigenvalue weighted by Gasteiger charge is 2.28. The second-order valence-corrected chi connectivity index (χ2v) is 5.89. The third-order valence-corrected chi connectivity index (χ3v) is 4.27. The summed E-state index contributed by atoms with van der Waals surface area (Å²) in [6, 6.07) is 6.01. The normalized spacial score (nSPS) is 17.0. The van der Waals surface area contributed by atoms with Gasteiger partial charge in [0.15, 0.2) is 0 Å². The van der Waals surface area contributed by atoms with Gasteiger partial charge in [-0.05, 0) is 26.0 Å². The van der Waals surface area contributed by atoms with Crippen molar-refractivity contribution in [2.45, 2.75) is 39.2 Å². The summed E-state index contributed by atoms with van der Waals surface area (Å²) < 4.78 is 18.9. The van der Waals surface area contributed by atoms with E-state index in [9.17, 15) is 14.0 Å². The van der Waals surface area contributed by atoms with E-state index in [2.05, 4.69) is 0 Å². The molecule has 5 nitrogen and oxygen atoms in total. The summed E-state index contributed by atoms with van der Waals surface area (Å²) in [6.45, 7) is 6.27. The van der Waals surface area contributed by atoms with Crippen molar-refractivity contribution in [2.75, 3.05) is 26.2 Å². The number of benzene rings is 1. The van der Waals surface area contributed by atoms with Gasteiger partial charge in [-0.2, -0.15) is 0 Å². The van der Waals surface area contributed by atoms with Gasteiger partial charge < -0.3 is 14.5 Å². The Morgan fingerprint density at radius 2 is 2.04 bits per heavy atom. The topological polar surface area (TPSA) is 49.9 Å². The molecule has 0 spiro atoms. The lowest BCUT2D eigenvalue weighted by Gasteiger charge is -2.20. The average molecular weight is 336 g/mol. The molecule has 1 aromatic carbocycles. The highest BCUT2D eigenvalue weighted by atomic mass is 19.1. The van der Waals surface area contributed by atoms with Crippen LogP contribution in [0.2, 0.25) is 0 Å². The van der Waals surface area contributed by atoms with Gasteiger partial charge in [-0.1, -0.05) is 6.07 Å². The molecule has 6 heteroatoms. The van der Waals surface area contributed by atoms with Crippen LogP contribution >= 0.6 is 0 Å². The van der Waals surface area contributed by atoms with Crippen molar-refractivity contribution in [1.29, 1.82) is 0 Å². The second-order valence-electron chi connectivity index (χ2n) is 5.89. The maximum atomic E-state index is 13.2. The molecule has 0 saturated carbocycles. The Morgan fingerprint density at radius 3 is 2.71 bits per heavy atom. The molecule has 1 fully saturated rings. The van der Waals surface area contributed by atoms with Gasteiger partial charge in [0.25, 0.3) is 0 Å². The van der Waals surface area contributed by atoms with E-state index in [1.807, 2.05) is 13.8 Å². The molecule has 1 unspecified atom stereocenters. The van der Waals surface area contributed by atoms with Crippen molar-refractivity contribution in [3.63, 3.8) is 0 Å². The molecule has 1 aromatic rings. The van der Waals surface area contributed by atoms with Gasteiger partial charge in [0.2, 0.25) is 11.8 Å². The fourth-order valence-corrected chi connectivity index (χ4v) is 2.89. The van der Waals surface area contributed by atoms with Crippen LogP contribution in [0.15, 0.2) is 24.3 Å². The first-order chi connectivity index (χ1) is 11.5.